The average molecular weight is 1050 g/mol. The van der Waals surface area contributed by atoms with Crippen LogP contribution in [0.25, 0.3) is 33.4 Å². The highest BCUT2D eigenvalue weighted by atomic mass is 28.5. The van der Waals surface area contributed by atoms with Crippen LogP contribution in [0, 0.1) is 0 Å². The molecule has 0 radical (unpaired) electrons. The van der Waals surface area contributed by atoms with Crippen molar-refractivity contribution in [2.45, 2.75) is 147 Å². The van der Waals surface area contributed by atoms with E-state index in [4.69, 9.17) is 8.53 Å². The molecular weight excluding hydrogens is 971 g/mol. The zero-order chi connectivity index (χ0) is 53.7. The maximum atomic E-state index is 13.2. The van der Waals surface area contributed by atoms with Gasteiger partial charge in [-0.25, -0.2) is 9.37 Å². The third-order valence-electron chi connectivity index (χ3n) is 13.6. The first kappa shape index (κ1) is 59.5. The SMILES string of the molecule is CC(C)c1ccc(NC(=O)NCCCCCCCCCCC[Si](O)(O)O[Si](O)(O)CCCCCCCCCCCNC(=O)c2ccc(-c3c4ccc(=[N+](C)C)cc-4oc4cc(N(C)C)ccc34)c(C(=O)[O-])c2)cc1. The van der Waals surface area contributed by atoms with E-state index in [0.717, 1.165) is 130 Å². The van der Waals surface area contributed by atoms with E-state index in [1.54, 1.807) is 12.1 Å². The molecule has 7 N–H and O–H groups in total. The molecule has 0 saturated heterocycles. The van der Waals surface area contributed by atoms with E-state index in [-0.39, 0.29) is 35.2 Å². The van der Waals surface area contributed by atoms with Gasteiger partial charge in [0.2, 0.25) is 5.36 Å². The molecule has 3 amide bonds. The molecule has 74 heavy (non-hydrogen) atoms. The smallest absolute Gasteiger partial charge is 0.488 e. The minimum atomic E-state index is -4.17. The highest BCUT2D eigenvalue weighted by molar-refractivity contribution is 6.72. The number of nitrogens with zero attached hydrogens (tertiary/aromatic N) is 2. The zero-order valence-electron chi connectivity index (χ0n) is 44.8. The second-order valence-corrected chi connectivity index (χ2v) is 25.3. The lowest BCUT2D eigenvalue weighted by atomic mass is 9.89. The second-order valence-electron chi connectivity index (χ2n) is 20.5. The minimum absolute atomic E-state index is 0.0391. The molecule has 1 aliphatic carbocycles. The lowest BCUT2D eigenvalue weighted by Crippen LogP contribution is -2.52. The van der Waals surface area contributed by atoms with Crippen LogP contribution in [0.3, 0.4) is 0 Å². The van der Waals surface area contributed by atoms with Crippen LogP contribution in [0.5, 0.6) is 0 Å². The van der Waals surface area contributed by atoms with Gasteiger partial charge in [-0.3, -0.25) is 4.79 Å². The largest absolute Gasteiger partial charge is 0.545 e. The van der Waals surface area contributed by atoms with E-state index in [0.29, 0.717) is 54.3 Å². The standard InChI is InChI=1S/C57H83N5O10Si2/c1-42(2)43-25-28-45(29-26-43)60-57(66)59-36-22-18-14-10-8-12-16-20-24-38-74(69,70)72-73(67,68)37-23-19-15-11-7-9-13-17-21-35-58-55(63)44-27-32-48(51(39-44)56(64)65)54-49-33-30-46(61(3)4)40-52(49)71-53-41-47(62(5)6)31-34-50(53)54/h25-34,39-42,67-70H,7-24,35-38H2,1-6H3,(H3-,58,59,60,63,64,65,66). The minimum Gasteiger partial charge on any atom is -0.545 e. The third kappa shape index (κ3) is 19.4. The van der Waals surface area contributed by atoms with Crippen LogP contribution in [0.1, 0.15) is 162 Å². The van der Waals surface area contributed by atoms with Crippen LogP contribution in [0.2, 0.25) is 12.1 Å². The molecule has 3 aromatic carbocycles. The highest BCUT2D eigenvalue weighted by Crippen LogP contribution is 2.42. The predicted molar refractivity (Wildman–Crippen MR) is 298 cm³/mol. The van der Waals surface area contributed by atoms with Crippen molar-refractivity contribution in [1.29, 1.82) is 0 Å². The summed E-state index contributed by atoms with van der Waals surface area (Å²) in [6, 6.07) is 24.2. The summed E-state index contributed by atoms with van der Waals surface area (Å²) in [4.78, 5) is 81.9. The first-order chi connectivity index (χ1) is 35.3. The number of unbranched alkanes of at least 4 members (excludes halogenated alkanes) is 16. The number of fused-ring (bicyclic) bond motifs is 2. The van der Waals surface area contributed by atoms with Gasteiger partial charge in [0.25, 0.3) is 5.91 Å². The number of anilines is 2. The monoisotopic (exact) mass is 1050 g/mol. The summed E-state index contributed by atoms with van der Waals surface area (Å²) in [7, 11) is -0.567. The fraction of sp³-hybridized carbons (Fsp3) is 0.509. The van der Waals surface area contributed by atoms with Crippen LogP contribution in [0.4, 0.5) is 16.2 Å². The molecule has 3 aromatic rings. The highest BCUT2D eigenvalue weighted by Gasteiger charge is 2.44. The summed E-state index contributed by atoms with van der Waals surface area (Å²) in [5, 5.41) is 23.1. The van der Waals surface area contributed by atoms with Crippen molar-refractivity contribution >= 4 is 57.9 Å². The molecule has 0 bridgehead atoms. The van der Waals surface area contributed by atoms with Crippen LogP contribution in [-0.4, -0.2) is 96.0 Å². The number of rotatable bonds is 32. The number of hydrogen-bond acceptors (Lipinski definition) is 11. The molecule has 0 atom stereocenters. The molecule has 0 spiro atoms. The molecule has 17 heteroatoms. The number of benzene rings is 4. The van der Waals surface area contributed by atoms with E-state index in [1.807, 2.05) is 98.3 Å². The van der Waals surface area contributed by atoms with Crippen LogP contribution >= 0.6 is 0 Å². The fourth-order valence-corrected chi connectivity index (χ4v) is 13.6. The van der Waals surface area contributed by atoms with Crippen molar-refractivity contribution in [2.24, 2.45) is 0 Å². The number of nitrogens with one attached hydrogen (secondary N) is 3. The molecule has 5 rings (SSSR count). The number of amides is 3. The van der Waals surface area contributed by atoms with Crippen LogP contribution < -0.4 is 35.9 Å². The van der Waals surface area contributed by atoms with Crippen molar-refractivity contribution < 1.29 is 47.2 Å². The predicted octanol–water partition coefficient (Wildman–Crippen LogP) is 9.23. The van der Waals surface area contributed by atoms with Crippen molar-refractivity contribution in [3.05, 3.63) is 101 Å². The van der Waals surface area contributed by atoms with Gasteiger partial charge in [-0.15, -0.1) is 0 Å². The summed E-state index contributed by atoms with van der Waals surface area (Å²) in [5.74, 6) is -0.679. The summed E-state index contributed by atoms with van der Waals surface area (Å²) in [6.45, 7) is 5.37. The molecule has 0 unspecified atom stereocenters. The lowest BCUT2D eigenvalue weighted by molar-refractivity contribution is -0.254. The summed E-state index contributed by atoms with van der Waals surface area (Å²) >= 11 is 0. The number of carbonyl (C=O) groups excluding carboxylic acids is 3. The van der Waals surface area contributed by atoms with Crippen LogP contribution in [0.15, 0.2) is 83.3 Å². The summed E-state index contributed by atoms with van der Waals surface area (Å²) in [6.07, 6.45) is 16.8. The Kier molecular flexibility index (Phi) is 23.8. The molecule has 15 nitrogen and oxygen atoms in total. The van der Waals surface area contributed by atoms with Crippen molar-refractivity contribution in [2.75, 3.05) is 51.5 Å². The zero-order valence-corrected chi connectivity index (χ0v) is 46.8. The van der Waals surface area contributed by atoms with Gasteiger partial charge in [-0.05, 0) is 85.2 Å². The molecule has 0 fully saturated rings. The maximum absolute atomic E-state index is 13.2. The number of aromatic carboxylic acids is 1. The van der Waals surface area contributed by atoms with Gasteiger partial charge in [0.15, 0.2) is 0 Å². The van der Waals surface area contributed by atoms with Gasteiger partial charge in [0, 0.05) is 90.4 Å². The normalized spacial score (nSPS) is 11.9. The first-order valence-corrected chi connectivity index (χ1v) is 30.9. The van der Waals surface area contributed by atoms with Gasteiger partial charge in [0.05, 0.1) is 12.0 Å². The lowest BCUT2D eigenvalue weighted by Gasteiger charge is -2.25. The molecule has 0 aromatic heterocycles. The third-order valence-corrected chi connectivity index (χ3v) is 18.2. The maximum Gasteiger partial charge on any atom is 0.488 e. The van der Waals surface area contributed by atoms with Gasteiger partial charge in [-0.1, -0.05) is 122 Å². The Hall–Kier alpha value is -5.41. The Morgan fingerprint density at radius 3 is 1.70 bits per heavy atom. The summed E-state index contributed by atoms with van der Waals surface area (Å²) in [5.41, 5.74) is 5.58. The van der Waals surface area contributed by atoms with Crippen LogP contribution in [-0.2, 0) is 4.12 Å². The molecular formula is C57H83N5O10Si2. The number of urea groups is 1. The van der Waals surface area contributed by atoms with Gasteiger partial charge < -0.3 is 58.5 Å². The molecule has 1 heterocycles. The van der Waals surface area contributed by atoms with E-state index in [9.17, 15) is 38.7 Å². The van der Waals surface area contributed by atoms with E-state index in [2.05, 4.69) is 29.8 Å². The molecule has 0 saturated carbocycles. The van der Waals surface area contributed by atoms with Gasteiger partial charge in [-0.2, -0.15) is 0 Å². The second kappa shape index (κ2) is 29.6. The van der Waals surface area contributed by atoms with E-state index >= 15 is 0 Å². The first-order valence-electron chi connectivity index (χ1n) is 26.9. The molecule has 2 aliphatic rings. The van der Waals surface area contributed by atoms with Gasteiger partial charge in [0.1, 0.15) is 25.4 Å². The Labute approximate surface area is 440 Å². The molecule has 1 aliphatic heterocycles. The summed E-state index contributed by atoms with van der Waals surface area (Å²) < 4.78 is 13.6. The quantitative estimate of drug-likeness (QED) is 0.00932. The van der Waals surface area contributed by atoms with E-state index < -0.39 is 23.6 Å². The Morgan fingerprint density at radius 1 is 0.649 bits per heavy atom. The van der Waals surface area contributed by atoms with Crippen molar-refractivity contribution in [3.8, 4) is 22.5 Å². The van der Waals surface area contributed by atoms with Crippen molar-refractivity contribution in [3.63, 3.8) is 0 Å². The fourth-order valence-electron chi connectivity index (χ4n) is 9.22. The topological polar surface area (TPSA) is 220 Å². The van der Waals surface area contributed by atoms with E-state index in [1.165, 1.54) is 11.6 Å². The number of carbonyl (C=O) groups is 3. The Balaban J connectivity index is 0.889. The number of carboxylic acids is 1. The Bertz CT molecular complexity index is 2610. The molecule has 404 valence electrons. The number of carboxylic acid groups (broad SMARTS) is 1. The Morgan fingerprint density at radius 2 is 1.18 bits per heavy atom. The van der Waals surface area contributed by atoms with Crippen molar-refractivity contribution in [1.82, 2.24) is 15.2 Å². The average Bonchev–Trinajstić information content (AvgIpc) is 3.35. The van der Waals surface area contributed by atoms with Gasteiger partial charge >= 0.3 is 23.6 Å². The number of hydrogen-bond donors (Lipinski definition) is 7.